The highest BCUT2D eigenvalue weighted by atomic mass is 16.6. The van der Waals surface area contributed by atoms with Gasteiger partial charge in [0.15, 0.2) is 17.6 Å². The van der Waals surface area contributed by atoms with E-state index < -0.39 is 24.0 Å². The summed E-state index contributed by atoms with van der Waals surface area (Å²) in [5, 5.41) is 4.69. The van der Waals surface area contributed by atoms with Crippen LogP contribution in [0.25, 0.3) is 0 Å². The van der Waals surface area contributed by atoms with E-state index in [2.05, 4.69) is 10.6 Å². The van der Waals surface area contributed by atoms with Crippen molar-refractivity contribution in [1.82, 2.24) is 10.6 Å². The van der Waals surface area contributed by atoms with Crippen molar-refractivity contribution in [3.63, 3.8) is 0 Å². The summed E-state index contributed by atoms with van der Waals surface area (Å²) < 4.78 is 20.7. The first-order chi connectivity index (χ1) is 14.4. The summed E-state index contributed by atoms with van der Waals surface area (Å²) in [6.45, 7) is 1.60. The van der Waals surface area contributed by atoms with Crippen LogP contribution in [0.4, 0.5) is 4.79 Å². The molecule has 0 bridgehead atoms. The molecule has 9 nitrogen and oxygen atoms in total. The fourth-order valence-corrected chi connectivity index (χ4v) is 2.50. The van der Waals surface area contributed by atoms with Crippen LogP contribution in [-0.2, 0) is 16.1 Å². The van der Waals surface area contributed by atoms with Crippen molar-refractivity contribution in [2.24, 2.45) is 0 Å². The number of carbonyl (C=O) groups is 3. The van der Waals surface area contributed by atoms with Gasteiger partial charge in [-0.25, -0.2) is 9.59 Å². The zero-order chi connectivity index (χ0) is 22.1. The van der Waals surface area contributed by atoms with E-state index in [1.165, 1.54) is 40.4 Å². The molecule has 9 heteroatoms. The number of nitrogens with one attached hydrogen (secondary N) is 2. The maximum atomic E-state index is 12.5. The van der Waals surface area contributed by atoms with Gasteiger partial charge in [-0.05, 0) is 12.5 Å². The van der Waals surface area contributed by atoms with Gasteiger partial charge in [0.05, 0.1) is 21.3 Å². The smallest absolute Gasteiger partial charge is 0.342 e. The van der Waals surface area contributed by atoms with Crippen LogP contribution < -0.4 is 24.8 Å². The Morgan fingerprint density at radius 1 is 0.900 bits per heavy atom. The van der Waals surface area contributed by atoms with Gasteiger partial charge in [-0.15, -0.1) is 0 Å². The van der Waals surface area contributed by atoms with Crippen molar-refractivity contribution in [3.8, 4) is 17.2 Å². The van der Waals surface area contributed by atoms with Crippen LogP contribution in [0.3, 0.4) is 0 Å². The Morgan fingerprint density at radius 2 is 1.50 bits per heavy atom. The number of rotatable bonds is 8. The van der Waals surface area contributed by atoms with E-state index in [1.807, 2.05) is 30.3 Å². The van der Waals surface area contributed by atoms with Crippen molar-refractivity contribution in [2.75, 3.05) is 21.3 Å². The van der Waals surface area contributed by atoms with E-state index in [0.717, 1.165) is 5.56 Å². The number of ether oxygens (including phenoxy) is 4. The highest BCUT2D eigenvalue weighted by molar-refractivity contribution is 5.99. The molecule has 2 aromatic rings. The monoisotopic (exact) mass is 416 g/mol. The van der Waals surface area contributed by atoms with E-state index in [-0.39, 0.29) is 17.9 Å². The van der Waals surface area contributed by atoms with Crippen LogP contribution in [-0.4, -0.2) is 45.3 Å². The Balaban J connectivity index is 1.97. The molecule has 0 aromatic heterocycles. The average Bonchev–Trinajstić information content (AvgIpc) is 2.77. The topological polar surface area (TPSA) is 112 Å². The van der Waals surface area contributed by atoms with Crippen LogP contribution in [0.1, 0.15) is 22.8 Å². The molecular weight excluding hydrogens is 392 g/mol. The minimum atomic E-state index is -1.22. The molecule has 0 aliphatic carbocycles. The summed E-state index contributed by atoms with van der Waals surface area (Å²) in [5.41, 5.74) is 0.920. The molecule has 0 aliphatic heterocycles. The van der Waals surface area contributed by atoms with Gasteiger partial charge < -0.3 is 24.3 Å². The molecule has 0 spiro atoms. The zero-order valence-corrected chi connectivity index (χ0v) is 17.2. The SMILES string of the molecule is COc1cc(OC)c(C(=O)OC(C)C(=O)NC(=O)NCc2ccccc2)cc1OC. The first-order valence-electron chi connectivity index (χ1n) is 9.03. The Hall–Kier alpha value is -3.75. The van der Waals surface area contributed by atoms with Crippen molar-refractivity contribution in [2.45, 2.75) is 19.6 Å². The fourth-order valence-electron chi connectivity index (χ4n) is 2.50. The number of methoxy groups -OCH3 is 3. The lowest BCUT2D eigenvalue weighted by Gasteiger charge is -2.16. The highest BCUT2D eigenvalue weighted by Crippen LogP contribution is 2.35. The van der Waals surface area contributed by atoms with Crippen LogP contribution in [0.2, 0.25) is 0 Å². The van der Waals surface area contributed by atoms with E-state index in [4.69, 9.17) is 18.9 Å². The lowest BCUT2D eigenvalue weighted by molar-refractivity contribution is -0.127. The maximum absolute atomic E-state index is 12.5. The highest BCUT2D eigenvalue weighted by Gasteiger charge is 2.24. The lowest BCUT2D eigenvalue weighted by Crippen LogP contribution is -2.44. The van der Waals surface area contributed by atoms with Crippen molar-refractivity contribution < 1.29 is 33.3 Å². The number of esters is 1. The van der Waals surface area contributed by atoms with Gasteiger partial charge in [-0.2, -0.15) is 0 Å². The predicted molar refractivity (Wildman–Crippen MR) is 108 cm³/mol. The van der Waals surface area contributed by atoms with Gasteiger partial charge in [0.2, 0.25) is 0 Å². The molecule has 160 valence electrons. The quantitative estimate of drug-likeness (QED) is 0.635. The molecule has 2 N–H and O–H groups in total. The number of amides is 3. The molecule has 2 rings (SSSR count). The van der Waals surface area contributed by atoms with Crippen molar-refractivity contribution in [1.29, 1.82) is 0 Å². The first kappa shape index (κ1) is 22.5. The standard InChI is InChI=1S/C21H24N2O7/c1-13(19(24)23-21(26)22-12-14-8-6-5-7-9-14)30-20(25)15-10-17(28-3)18(29-4)11-16(15)27-2/h5-11,13H,12H2,1-4H3,(H2,22,23,24,26). The first-order valence-corrected chi connectivity index (χ1v) is 9.03. The molecule has 1 unspecified atom stereocenters. The summed E-state index contributed by atoms with van der Waals surface area (Å²) in [4.78, 5) is 36.6. The Labute approximate surface area is 174 Å². The second-order valence-electron chi connectivity index (χ2n) is 6.11. The number of imide groups is 1. The van der Waals surface area contributed by atoms with Crippen LogP contribution >= 0.6 is 0 Å². The zero-order valence-electron chi connectivity index (χ0n) is 17.2. The van der Waals surface area contributed by atoms with Gasteiger partial charge >= 0.3 is 12.0 Å². The number of urea groups is 1. The number of carbonyl (C=O) groups excluding carboxylic acids is 3. The molecule has 1 atom stereocenters. The van der Waals surface area contributed by atoms with Gasteiger partial charge in [-0.1, -0.05) is 30.3 Å². The van der Waals surface area contributed by atoms with Crippen molar-refractivity contribution >= 4 is 17.9 Å². The third-order valence-corrected chi connectivity index (χ3v) is 4.11. The van der Waals surface area contributed by atoms with Crippen LogP contribution in [0, 0.1) is 0 Å². The molecule has 30 heavy (non-hydrogen) atoms. The lowest BCUT2D eigenvalue weighted by atomic mass is 10.1. The molecule has 0 fully saturated rings. The van der Waals surface area contributed by atoms with Gasteiger partial charge in [0, 0.05) is 18.7 Å². The molecule has 2 aromatic carbocycles. The number of hydrogen-bond donors (Lipinski definition) is 2. The summed E-state index contributed by atoms with van der Waals surface area (Å²) in [5.74, 6) is -0.742. The fraction of sp³-hybridized carbons (Fsp3) is 0.286. The average molecular weight is 416 g/mol. The third kappa shape index (κ3) is 5.87. The second-order valence-corrected chi connectivity index (χ2v) is 6.11. The molecule has 0 heterocycles. The Bertz CT molecular complexity index is 900. The largest absolute Gasteiger partial charge is 0.496 e. The molecule has 0 saturated carbocycles. The summed E-state index contributed by atoms with van der Waals surface area (Å²) in [6.07, 6.45) is -1.22. The van der Waals surface area contributed by atoms with E-state index in [0.29, 0.717) is 11.5 Å². The normalized spacial score (nSPS) is 11.1. The molecular formula is C21H24N2O7. The second kappa shape index (κ2) is 10.7. The molecule has 0 saturated heterocycles. The summed E-state index contributed by atoms with van der Waals surface area (Å²) >= 11 is 0. The van der Waals surface area contributed by atoms with E-state index in [1.54, 1.807) is 0 Å². The van der Waals surface area contributed by atoms with E-state index >= 15 is 0 Å². The van der Waals surface area contributed by atoms with E-state index in [9.17, 15) is 14.4 Å². The van der Waals surface area contributed by atoms with Gasteiger partial charge in [0.25, 0.3) is 5.91 Å². The predicted octanol–water partition coefficient (Wildman–Crippen LogP) is 2.28. The van der Waals surface area contributed by atoms with Crippen LogP contribution in [0.15, 0.2) is 42.5 Å². The molecule has 0 aliphatic rings. The van der Waals surface area contributed by atoms with Gasteiger partial charge in [-0.3, -0.25) is 10.1 Å². The Kier molecular flexibility index (Phi) is 8.04. The maximum Gasteiger partial charge on any atom is 0.342 e. The Morgan fingerprint density at radius 3 is 2.10 bits per heavy atom. The third-order valence-electron chi connectivity index (χ3n) is 4.11. The number of hydrogen-bond acceptors (Lipinski definition) is 7. The summed E-state index contributed by atoms with van der Waals surface area (Å²) in [7, 11) is 4.25. The minimum Gasteiger partial charge on any atom is -0.496 e. The summed E-state index contributed by atoms with van der Waals surface area (Å²) in [6, 6.07) is 11.4. The van der Waals surface area contributed by atoms with Crippen molar-refractivity contribution in [3.05, 3.63) is 53.6 Å². The minimum absolute atomic E-state index is 0.0447. The molecule has 3 amide bonds. The van der Waals surface area contributed by atoms with Crippen LogP contribution in [0.5, 0.6) is 17.2 Å². The molecule has 0 radical (unpaired) electrons. The number of benzene rings is 2. The van der Waals surface area contributed by atoms with Gasteiger partial charge in [0.1, 0.15) is 11.3 Å².